The first kappa shape index (κ1) is 10.0. The molecule has 12 heavy (non-hydrogen) atoms. The Morgan fingerprint density at radius 3 is 2.33 bits per heavy atom. The fraction of sp³-hybridized carbons (Fsp3) is 1.00. The van der Waals surface area contributed by atoms with Gasteiger partial charge in [0.05, 0.1) is 6.10 Å². The van der Waals surface area contributed by atoms with Crippen molar-refractivity contribution in [1.82, 2.24) is 5.32 Å². The molecule has 0 unspecified atom stereocenters. The molecule has 1 N–H and O–H groups in total. The first-order valence-electron chi connectivity index (χ1n) is 4.79. The zero-order chi connectivity index (χ0) is 9.19. The second kappa shape index (κ2) is 3.75. The molecule has 0 aliphatic heterocycles. The molecular weight excluding hydrogens is 150 g/mol. The van der Waals surface area contributed by atoms with Crippen LogP contribution in [0.15, 0.2) is 0 Å². The van der Waals surface area contributed by atoms with Crippen LogP contribution in [-0.4, -0.2) is 25.3 Å². The lowest BCUT2D eigenvalue weighted by atomic mass is 9.82. The van der Waals surface area contributed by atoms with E-state index in [0.29, 0.717) is 6.10 Å². The minimum absolute atomic E-state index is 0.262. The third-order valence-electron chi connectivity index (χ3n) is 2.45. The van der Waals surface area contributed by atoms with Gasteiger partial charge in [-0.05, 0) is 46.1 Å². The maximum Gasteiger partial charge on any atom is 0.0577 e. The van der Waals surface area contributed by atoms with Gasteiger partial charge in [-0.1, -0.05) is 0 Å². The molecule has 0 aromatic rings. The number of methoxy groups -OCH3 is 1. The van der Waals surface area contributed by atoms with Crippen molar-refractivity contribution >= 4 is 0 Å². The normalized spacial score (nSPS) is 30.0. The summed E-state index contributed by atoms with van der Waals surface area (Å²) in [5.41, 5.74) is 0.262. The van der Waals surface area contributed by atoms with E-state index in [4.69, 9.17) is 4.74 Å². The first-order valence-corrected chi connectivity index (χ1v) is 4.79. The van der Waals surface area contributed by atoms with E-state index in [-0.39, 0.29) is 5.54 Å². The quantitative estimate of drug-likeness (QED) is 0.699. The Hall–Kier alpha value is -0.0800. The molecular formula is C10H21NO. The van der Waals surface area contributed by atoms with Crippen LogP contribution in [0.25, 0.3) is 0 Å². The van der Waals surface area contributed by atoms with Crippen LogP contribution < -0.4 is 5.32 Å². The third kappa shape index (κ3) is 3.11. The van der Waals surface area contributed by atoms with E-state index >= 15 is 0 Å². The highest BCUT2D eigenvalue weighted by Gasteiger charge is 2.29. The molecule has 0 spiro atoms. The number of nitrogens with one attached hydrogen (secondary N) is 1. The van der Waals surface area contributed by atoms with Crippen molar-refractivity contribution in [3.05, 3.63) is 0 Å². The minimum atomic E-state index is 0.262. The van der Waals surface area contributed by atoms with E-state index in [2.05, 4.69) is 26.1 Å². The number of hydrogen-bond acceptors (Lipinski definition) is 2. The van der Waals surface area contributed by atoms with Gasteiger partial charge in [0.1, 0.15) is 0 Å². The van der Waals surface area contributed by atoms with E-state index < -0.39 is 0 Å². The van der Waals surface area contributed by atoms with E-state index in [1.807, 2.05) is 0 Å². The molecule has 0 amide bonds. The van der Waals surface area contributed by atoms with Gasteiger partial charge in [-0.3, -0.25) is 0 Å². The smallest absolute Gasteiger partial charge is 0.0577 e. The van der Waals surface area contributed by atoms with Crippen LogP contribution in [0.1, 0.15) is 33.6 Å². The van der Waals surface area contributed by atoms with Crippen LogP contribution in [0, 0.1) is 5.92 Å². The van der Waals surface area contributed by atoms with Crippen molar-refractivity contribution in [2.24, 2.45) is 5.92 Å². The second-order valence-corrected chi connectivity index (χ2v) is 4.83. The van der Waals surface area contributed by atoms with Crippen LogP contribution in [0.5, 0.6) is 0 Å². The van der Waals surface area contributed by atoms with Gasteiger partial charge < -0.3 is 10.1 Å². The monoisotopic (exact) mass is 171 g/mol. The van der Waals surface area contributed by atoms with E-state index in [1.165, 1.54) is 12.8 Å². The summed E-state index contributed by atoms with van der Waals surface area (Å²) < 4.78 is 5.22. The standard InChI is InChI=1S/C10H21NO/c1-10(2,3)11-7-8-5-9(6-8)12-4/h8-9,11H,5-7H2,1-4H3. The van der Waals surface area contributed by atoms with Crippen LogP contribution in [0.3, 0.4) is 0 Å². The molecule has 2 heteroatoms. The predicted octanol–water partition coefficient (Wildman–Crippen LogP) is 1.80. The highest BCUT2D eigenvalue weighted by Crippen LogP contribution is 2.29. The SMILES string of the molecule is COC1CC(CNC(C)(C)C)C1. The van der Waals surface area contributed by atoms with Crippen molar-refractivity contribution < 1.29 is 4.74 Å². The van der Waals surface area contributed by atoms with Crippen molar-refractivity contribution in [2.75, 3.05) is 13.7 Å². The largest absolute Gasteiger partial charge is 0.381 e. The Bertz CT molecular complexity index is 133. The van der Waals surface area contributed by atoms with E-state index in [1.54, 1.807) is 7.11 Å². The van der Waals surface area contributed by atoms with Gasteiger partial charge in [-0.25, -0.2) is 0 Å². The zero-order valence-electron chi connectivity index (χ0n) is 8.68. The topological polar surface area (TPSA) is 21.3 Å². The Morgan fingerprint density at radius 2 is 1.92 bits per heavy atom. The molecule has 1 saturated carbocycles. The Labute approximate surface area is 75.7 Å². The zero-order valence-corrected chi connectivity index (χ0v) is 8.68. The highest BCUT2D eigenvalue weighted by molar-refractivity contribution is 4.83. The van der Waals surface area contributed by atoms with Crippen molar-refractivity contribution in [3.8, 4) is 0 Å². The first-order chi connectivity index (χ1) is 5.51. The second-order valence-electron chi connectivity index (χ2n) is 4.83. The molecule has 2 nitrogen and oxygen atoms in total. The van der Waals surface area contributed by atoms with E-state index in [0.717, 1.165) is 12.5 Å². The van der Waals surface area contributed by atoms with E-state index in [9.17, 15) is 0 Å². The average Bonchev–Trinajstić information content (AvgIpc) is 1.82. The van der Waals surface area contributed by atoms with Gasteiger partial charge in [-0.2, -0.15) is 0 Å². The fourth-order valence-corrected chi connectivity index (χ4v) is 1.48. The van der Waals surface area contributed by atoms with Gasteiger partial charge >= 0.3 is 0 Å². The number of ether oxygens (including phenoxy) is 1. The van der Waals surface area contributed by atoms with Crippen LogP contribution in [0.2, 0.25) is 0 Å². The third-order valence-corrected chi connectivity index (χ3v) is 2.45. The maximum atomic E-state index is 5.22. The Morgan fingerprint density at radius 1 is 1.33 bits per heavy atom. The van der Waals surface area contributed by atoms with Gasteiger partial charge in [0.25, 0.3) is 0 Å². The molecule has 0 heterocycles. The summed E-state index contributed by atoms with van der Waals surface area (Å²) in [6.07, 6.45) is 3.01. The van der Waals surface area contributed by atoms with Crippen molar-refractivity contribution in [1.29, 1.82) is 0 Å². The van der Waals surface area contributed by atoms with Gasteiger partial charge in [0.2, 0.25) is 0 Å². The maximum absolute atomic E-state index is 5.22. The van der Waals surface area contributed by atoms with Crippen LogP contribution in [-0.2, 0) is 4.74 Å². The van der Waals surface area contributed by atoms with Gasteiger partial charge in [0.15, 0.2) is 0 Å². The van der Waals surface area contributed by atoms with Crippen molar-refractivity contribution in [2.45, 2.75) is 45.3 Å². The molecule has 1 aliphatic rings. The molecule has 1 fully saturated rings. The fourth-order valence-electron chi connectivity index (χ4n) is 1.48. The van der Waals surface area contributed by atoms with Gasteiger partial charge in [-0.15, -0.1) is 0 Å². The lowest BCUT2D eigenvalue weighted by Crippen LogP contribution is -2.44. The molecule has 1 rings (SSSR count). The Kier molecular flexibility index (Phi) is 3.13. The summed E-state index contributed by atoms with van der Waals surface area (Å²) in [5, 5.41) is 3.51. The van der Waals surface area contributed by atoms with Crippen molar-refractivity contribution in [3.63, 3.8) is 0 Å². The summed E-state index contributed by atoms with van der Waals surface area (Å²) in [5.74, 6) is 0.842. The average molecular weight is 171 g/mol. The summed E-state index contributed by atoms with van der Waals surface area (Å²) in [7, 11) is 1.80. The summed E-state index contributed by atoms with van der Waals surface area (Å²) in [6.45, 7) is 7.77. The molecule has 0 aromatic heterocycles. The molecule has 0 atom stereocenters. The van der Waals surface area contributed by atoms with Crippen LogP contribution in [0.4, 0.5) is 0 Å². The summed E-state index contributed by atoms with van der Waals surface area (Å²) in [4.78, 5) is 0. The number of rotatable bonds is 3. The molecule has 0 saturated heterocycles. The molecule has 72 valence electrons. The molecule has 1 aliphatic carbocycles. The summed E-state index contributed by atoms with van der Waals surface area (Å²) in [6, 6.07) is 0. The lowest BCUT2D eigenvalue weighted by molar-refractivity contribution is -0.0000923. The molecule has 0 radical (unpaired) electrons. The number of hydrogen-bond donors (Lipinski definition) is 1. The summed E-state index contributed by atoms with van der Waals surface area (Å²) >= 11 is 0. The molecule has 0 bridgehead atoms. The minimum Gasteiger partial charge on any atom is -0.381 e. The highest BCUT2D eigenvalue weighted by atomic mass is 16.5. The Balaban J connectivity index is 2.04. The van der Waals surface area contributed by atoms with Crippen LogP contribution >= 0.6 is 0 Å². The predicted molar refractivity (Wildman–Crippen MR) is 51.3 cm³/mol. The van der Waals surface area contributed by atoms with Gasteiger partial charge in [0, 0.05) is 12.6 Å². The molecule has 0 aromatic carbocycles. The lowest BCUT2D eigenvalue weighted by Gasteiger charge is -2.36.